The number of anilines is 1. The maximum absolute atomic E-state index is 12.3. The van der Waals surface area contributed by atoms with Gasteiger partial charge in [0.1, 0.15) is 5.75 Å². The van der Waals surface area contributed by atoms with Crippen LogP contribution in [0.4, 0.5) is 11.4 Å². The molecule has 0 heterocycles. The third-order valence-electron chi connectivity index (χ3n) is 3.60. The third kappa shape index (κ3) is 5.43. The summed E-state index contributed by atoms with van der Waals surface area (Å²) in [6.45, 7) is 0. The number of hydrogen-bond acceptors (Lipinski definition) is 3. The Bertz CT molecular complexity index is 1040. The molecular formula is C20H13ClI2N2O2. The number of nitrogens with zero attached hydrogens (tertiary/aromatic N) is 1. The number of aromatic hydroxyl groups is 1. The molecule has 0 saturated carbocycles. The standard InChI is InChI=1S/C20H13ClI2N2O2/c21-14-4-1-3-12(7-14)20(27)25-17-6-2-5-16(10-17)24-11-13-8-15(22)9-18(23)19(13)26/h1-11,26H,(H,25,27). The van der Waals surface area contributed by atoms with Crippen LogP contribution in [-0.2, 0) is 0 Å². The molecule has 0 saturated heterocycles. The molecule has 7 heteroatoms. The lowest BCUT2D eigenvalue weighted by Crippen LogP contribution is -2.11. The molecule has 0 aromatic heterocycles. The molecule has 1 amide bonds. The van der Waals surface area contributed by atoms with E-state index in [1.165, 1.54) is 0 Å². The fraction of sp³-hybridized carbons (Fsp3) is 0. The molecule has 0 aliphatic heterocycles. The number of nitrogens with one attached hydrogen (secondary N) is 1. The molecule has 0 atom stereocenters. The summed E-state index contributed by atoms with van der Waals surface area (Å²) in [7, 11) is 0. The van der Waals surface area contributed by atoms with Crippen molar-refractivity contribution in [2.24, 2.45) is 4.99 Å². The molecule has 0 aliphatic rings. The molecular weight excluding hydrogens is 589 g/mol. The largest absolute Gasteiger partial charge is 0.506 e. The second kappa shape index (κ2) is 9.03. The zero-order valence-corrected chi connectivity index (χ0v) is 18.9. The number of hydrogen-bond donors (Lipinski definition) is 2. The summed E-state index contributed by atoms with van der Waals surface area (Å²) in [5.74, 6) is -0.0476. The molecule has 0 aliphatic carbocycles. The van der Waals surface area contributed by atoms with Gasteiger partial charge in [-0.3, -0.25) is 9.79 Å². The van der Waals surface area contributed by atoms with Gasteiger partial charge in [-0.2, -0.15) is 0 Å². The highest BCUT2D eigenvalue weighted by molar-refractivity contribution is 14.1. The van der Waals surface area contributed by atoms with Gasteiger partial charge in [-0.25, -0.2) is 0 Å². The van der Waals surface area contributed by atoms with Crippen LogP contribution < -0.4 is 5.32 Å². The summed E-state index contributed by atoms with van der Waals surface area (Å²) in [6.07, 6.45) is 1.61. The molecule has 2 N–H and O–H groups in total. The molecule has 0 unspecified atom stereocenters. The first-order valence-corrected chi connectivity index (χ1v) is 10.3. The Balaban J connectivity index is 1.79. The molecule has 136 valence electrons. The molecule has 0 fully saturated rings. The maximum atomic E-state index is 12.3. The van der Waals surface area contributed by atoms with Crippen LogP contribution in [0, 0.1) is 7.14 Å². The van der Waals surface area contributed by atoms with E-state index in [0.717, 1.165) is 7.14 Å². The van der Waals surface area contributed by atoms with E-state index in [0.29, 0.717) is 27.5 Å². The van der Waals surface area contributed by atoms with Crippen LogP contribution >= 0.6 is 56.8 Å². The number of phenolic OH excluding ortho intramolecular Hbond substituents is 1. The van der Waals surface area contributed by atoms with Gasteiger partial charge < -0.3 is 10.4 Å². The summed E-state index contributed by atoms with van der Waals surface area (Å²) in [5.41, 5.74) is 2.40. The highest BCUT2D eigenvalue weighted by Crippen LogP contribution is 2.27. The van der Waals surface area contributed by atoms with Crippen molar-refractivity contribution in [1.29, 1.82) is 0 Å². The van der Waals surface area contributed by atoms with Crippen molar-refractivity contribution >= 4 is 80.3 Å². The van der Waals surface area contributed by atoms with Gasteiger partial charge in [-0.1, -0.05) is 23.7 Å². The first-order chi connectivity index (χ1) is 12.9. The fourth-order valence-corrected chi connectivity index (χ4v) is 4.41. The summed E-state index contributed by atoms with van der Waals surface area (Å²) >= 11 is 10.2. The number of aliphatic imine (C=N–C) groups is 1. The summed E-state index contributed by atoms with van der Waals surface area (Å²) in [4.78, 5) is 16.7. The fourth-order valence-electron chi connectivity index (χ4n) is 2.33. The van der Waals surface area contributed by atoms with Gasteiger partial charge in [-0.05, 0) is 93.7 Å². The van der Waals surface area contributed by atoms with Crippen LogP contribution in [0.25, 0.3) is 0 Å². The first kappa shape index (κ1) is 20.1. The number of amides is 1. The average molecular weight is 603 g/mol. The zero-order chi connectivity index (χ0) is 19.4. The van der Waals surface area contributed by atoms with E-state index in [9.17, 15) is 9.90 Å². The topological polar surface area (TPSA) is 61.7 Å². The SMILES string of the molecule is O=C(Nc1cccc(N=Cc2cc(I)cc(I)c2O)c1)c1cccc(Cl)c1. The average Bonchev–Trinajstić information content (AvgIpc) is 2.64. The Kier molecular flexibility index (Phi) is 6.72. The number of halogens is 3. The van der Waals surface area contributed by atoms with E-state index < -0.39 is 0 Å². The van der Waals surface area contributed by atoms with E-state index in [4.69, 9.17) is 11.6 Å². The van der Waals surface area contributed by atoms with Crippen LogP contribution in [0.5, 0.6) is 5.75 Å². The Morgan fingerprint density at radius 1 is 1.07 bits per heavy atom. The molecule has 27 heavy (non-hydrogen) atoms. The summed E-state index contributed by atoms with van der Waals surface area (Å²) in [6, 6.07) is 17.7. The normalized spacial score (nSPS) is 10.9. The van der Waals surface area contributed by atoms with Crippen LogP contribution in [0.15, 0.2) is 65.7 Å². The van der Waals surface area contributed by atoms with E-state index in [1.807, 2.05) is 18.2 Å². The molecule has 3 rings (SSSR count). The van der Waals surface area contributed by atoms with E-state index in [2.05, 4.69) is 55.5 Å². The van der Waals surface area contributed by atoms with Gasteiger partial charge in [-0.15, -0.1) is 0 Å². The van der Waals surface area contributed by atoms with Crippen molar-refractivity contribution in [3.8, 4) is 5.75 Å². The molecule has 0 spiro atoms. The lowest BCUT2D eigenvalue weighted by Gasteiger charge is -2.06. The van der Waals surface area contributed by atoms with Crippen LogP contribution in [0.2, 0.25) is 5.02 Å². The van der Waals surface area contributed by atoms with E-state index >= 15 is 0 Å². The van der Waals surface area contributed by atoms with Gasteiger partial charge in [0.05, 0.1) is 9.26 Å². The summed E-state index contributed by atoms with van der Waals surface area (Å²) in [5, 5.41) is 13.5. The maximum Gasteiger partial charge on any atom is 0.255 e. The van der Waals surface area contributed by atoms with Crippen LogP contribution in [0.3, 0.4) is 0 Å². The van der Waals surface area contributed by atoms with Gasteiger partial charge in [0.15, 0.2) is 0 Å². The quantitative estimate of drug-likeness (QED) is 0.274. The lowest BCUT2D eigenvalue weighted by atomic mass is 10.2. The predicted octanol–water partition coefficient (Wildman–Crippen LogP) is 6.26. The molecule has 0 bridgehead atoms. The van der Waals surface area contributed by atoms with Crippen LogP contribution in [-0.4, -0.2) is 17.2 Å². The minimum atomic E-state index is -0.247. The number of carbonyl (C=O) groups is 1. The Morgan fingerprint density at radius 2 is 1.85 bits per heavy atom. The first-order valence-electron chi connectivity index (χ1n) is 7.81. The Hall–Kier alpha value is -1.65. The summed E-state index contributed by atoms with van der Waals surface area (Å²) < 4.78 is 1.78. The third-order valence-corrected chi connectivity index (χ3v) is 5.28. The highest BCUT2D eigenvalue weighted by atomic mass is 127. The minimum Gasteiger partial charge on any atom is -0.506 e. The second-order valence-corrected chi connectivity index (χ2v) is 8.44. The lowest BCUT2D eigenvalue weighted by molar-refractivity contribution is 0.102. The van der Waals surface area contributed by atoms with Gasteiger partial charge in [0.25, 0.3) is 5.91 Å². The number of carbonyl (C=O) groups excluding carboxylic acids is 1. The van der Waals surface area contributed by atoms with E-state index in [-0.39, 0.29) is 11.7 Å². The van der Waals surface area contributed by atoms with Crippen molar-refractivity contribution in [1.82, 2.24) is 0 Å². The zero-order valence-electron chi connectivity index (χ0n) is 13.8. The minimum absolute atomic E-state index is 0.199. The Labute approximate surface area is 189 Å². The predicted molar refractivity (Wildman–Crippen MR) is 127 cm³/mol. The van der Waals surface area contributed by atoms with Crippen LogP contribution in [0.1, 0.15) is 15.9 Å². The van der Waals surface area contributed by atoms with Gasteiger partial charge >= 0.3 is 0 Å². The van der Waals surface area contributed by atoms with Crippen molar-refractivity contribution < 1.29 is 9.90 Å². The monoisotopic (exact) mass is 602 g/mol. The molecule has 3 aromatic rings. The second-order valence-electron chi connectivity index (χ2n) is 5.60. The van der Waals surface area contributed by atoms with Crippen molar-refractivity contribution in [2.75, 3.05) is 5.32 Å². The Morgan fingerprint density at radius 3 is 2.63 bits per heavy atom. The van der Waals surface area contributed by atoms with Crippen molar-refractivity contribution in [3.63, 3.8) is 0 Å². The molecule has 3 aromatic carbocycles. The van der Waals surface area contributed by atoms with Gasteiger partial charge in [0, 0.05) is 31.6 Å². The highest BCUT2D eigenvalue weighted by Gasteiger charge is 2.07. The smallest absolute Gasteiger partial charge is 0.255 e. The van der Waals surface area contributed by atoms with Gasteiger partial charge in [0.2, 0.25) is 0 Å². The van der Waals surface area contributed by atoms with Crippen molar-refractivity contribution in [2.45, 2.75) is 0 Å². The molecule has 4 nitrogen and oxygen atoms in total. The van der Waals surface area contributed by atoms with E-state index in [1.54, 1.807) is 48.7 Å². The number of rotatable bonds is 4. The number of benzene rings is 3. The number of phenols is 1. The molecule has 0 radical (unpaired) electrons. The van der Waals surface area contributed by atoms with Crippen molar-refractivity contribution in [3.05, 3.63) is 84.0 Å².